The summed E-state index contributed by atoms with van der Waals surface area (Å²) in [5, 5.41) is 17.3. The average molecular weight is 690 g/mol. The van der Waals surface area contributed by atoms with Gasteiger partial charge in [0.1, 0.15) is 12.4 Å². The number of benzene rings is 4. The minimum absolute atomic E-state index is 0.266. The molecule has 0 spiro atoms. The number of para-hydroxylation sites is 2. The number of amides is 1. The SMILES string of the molecule is Cc1cc(Cl)ccc1NCc1nnc(S[C@H](C)C(=O)N/N=C\c2ccccc2OCc2cccc(Br)c2)n1-c1ccccc1. The van der Waals surface area contributed by atoms with Gasteiger partial charge in [0.25, 0.3) is 5.91 Å². The van der Waals surface area contributed by atoms with Crippen LogP contribution in [0.15, 0.2) is 112 Å². The van der Waals surface area contributed by atoms with Gasteiger partial charge in [0.2, 0.25) is 0 Å². The molecular formula is C33H30BrClN6O2S. The standard InChI is InChI=1S/C33H30BrClN6O2S/c1-22-17-27(35)15-16-29(22)36-20-31-38-40-33(41(31)28-12-4-3-5-13-28)44-23(2)32(42)39-37-19-25-10-6-7-14-30(25)43-21-24-9-8-11-26(34)18-24/h3-19,23,36H,20-21H2,1-2H3,(H,39,42)/b37-19-/t23-/m1/s1. The third-order valence-corrected chi connectivity index (χ3v) is 8.34. The maximum absolute atomic E-state index is 13.0. The number of thioether (sulfide) groups is 1. The van der Waals surface area contributed by atoms with Crippen LogP contribution in [0.3, 0.4) is 0 Å². The van der Waals surface area contributed by atoms with Gasteiger partial charge < -0.3 is 10.1 Å². The highest BCUT2D eigenvalue weighted by Crippen LogP contribution is 2.27. The number of aryl methyl sites for hydroxylation is 1. The van der Waals surface area contributed by atoms with Crippen molar-refractivity contribution in [3.8, 4) is 11.4 Å². The molecule has 0 aliphatic carbocycles. The van der Waals surface area contributed by atoms with Gasteiger partial charge >= 0.3 is 0 Å². The minimum atomic E-state index is -0.499. The van der Waals surface area contributed by atoms with E-state index in [9.17, 15) is 4.79 Å². The second-order valence-corrected chi connectivity index (χ2v) is 12.5. The van der Waals surface area contributed by atoms with Gasteiger partial charge in [0.05, 0.1) is 18.0 Å². The molecule has 0 saturated heterocycles. The lowest BCUT2D eigenvalue weighted by atomic mass is 10.2. The highest BCUT2D eigenvalue weighted by Gasteiger charge is 2.21. The van der Waals surface area contributed by atoms with Gasteiger partial charge in [-0.25, -0.2) is 5.43 Å². The lowest BCUT2D eigenvalue weighted by Gasteiger charge is -2.14. The molecule has 2 N–H and O–H groups in total. The van der Waals surface area contributed by atoms with Crippen LogP contribution in [0.2, 0.25) is 5.02 Å². The first-order chi connectivity index (χ1) is 21.4. The van der Waals surface area contributed by atoms with Crippen LogP contribution < -0.4 is 15.5 Å². The maximum Gasteiger partial charge on any atom is 0.253 e. The second kappa shape index (κ2) is 15.1. The number of nitrogens with one attached hydrogen (secondary N) is 2. The summed E-state index contributed by atoms with van der Waals surface area (Å²) in [6.45, 7) is 4.64. The number of carbonyl (C=O) groups excluding carboxylic acids is 1. The smallest absolute Gasteiger partial charge is 0.253 e. The number of carbonyl (C=O) groups is 1. The van der Waals surface area contributed by atoms with Gasteiger partial charge in [-0.15, -0.1) is 10.2 Å². The van der Waals surface area contributed by atoms with Crippen LogP contribution >= 0.6 is 39.3 Å². The van der Waals surface area contributed by atoms with Crippen LogP contribution in [0.25, 0.3) is 5.69 Å². The Kier molecular flexibility index (Phi) is 10.7. The Hall–Kier alpha value is -4.12. The molecule has 0 bridgehead atoms. The van der Waals surface area contributed by atoms with Crippen molar-refractivity contribution in [1.82, 2.24) is 20.2 Å². The number of ether oxygens (including phenoxy) is 1. The van der Waals surface area contributed by atoms with Crippen molar-refractivity contribution < 1.29 is 9.53 Å². The molecule has 0 aliphatic rings. The minimum Gasteiger partial charge on any atom is -0.488 e. The zero-order chi connectivity index (χ0) is 30.9. The van der Waals surface area contributed by atoms with Gasteiger partial charge in [0.15, 0.2) is 11.0 Å². The van der Waals surface area contributed by atoms with Gasteiger partial charge in [-0.2, -0.15) is 5.10 Å². The molecule has 4 aromatic carbocycles. The topological polar surface area (TPSA) is 93.4 Å². The third kappa shape index (κ3) is 8.28. The Balaban J connectivity index is 1.24. The molecule has 0 unspecified atom stereocenters. The Morgan fingerprint density at radius 3 is 2.64 bits per heavy atom. The lowest BCUT2D eigenvalue weighted by molar-refractivity contribution is -0.120. The first-order valence-corrected chi connectivity index (χ1v) is 15.9. The monoisotopic (exact) mass is 688 g/mol. The predicted octanol–water partition coefficient (Wildman–Crippen LogP) is 7.81. The second-order valence-electron chi connectivity index (χ2n) is 9.83. The number of anilines is 1. The summed E-state index contributed by atoms with van der Waals surface area (Å²) >= 11 is 10.9. The summed E-state index contributed by atoms with van der Waals surface area (Å²) in [6.07, 6.45) is 1.58. The zero-order valence-corrected chi connectivity index (χ0v) is 27.2. The summed E-state index contributed by atoms with van der Waals surface area (Å²) in [5.41, 5.74) is 7.32. The highest BCUT2D eigenvalue weighted by molar-refractivity contribution is 9.10. The van der Waals surface area contributed by atoms with Crippen molar-refractivity contribution in [1.29, 1.82) is 0 Å². The fourth-order valence-electron chi connectivity index (χ4n) is 4.30. The Bertz CT molecular complexity index is 1760. The first-order valence-electron chi connectivity index (χ1n) is 13.8. The van der Waals surface area contributed by atoms with E-state index in [1.807, 2.05) is 115 Å². The Morgan fingerprint density at radius 2 is 1.84 bits per heavy atom. The van der Waals surface area contributed by atoms with Crippen molar-refractivity contribution in [2.75, 3.05) is 5.32 Å². The fourth-order valence-corrected chi connectivity index (χ4v) is 5.86. The summed E-state index contributed by atoms with van der Waals surface area (Å²) in [7, 11) is 0. The molecule has 0 radical (unpaired) electrons. The van der Waals surface area contributed by atoms with E-state index in [0.29, 0.717) is 34.9 Å². The number of hydrazone groups is 1. The quantitative estimate of drug-likeness (QED) is 0.0789. The molecule has 5 aromatic rings. The van der Waals surface area contributed by atoms with E-state index in [1.54, 1.807) is 6.21 Å². The van der Waals surface area contributed by atoms with E-state index in [2.05, 4.69) is 42.0 Å². The summed E-state index contributed by atoms with van der Waals surface area (Å²) in [6, 6.07) is 31.0. The van der Waals surface area contributed by atoms with Gasteiger partial charge in [0, 0.05) is 26.4 Å². The van der Waals surface area contributed by atoms with Crippen LogP contribution in [-0.2, 0) is 17.9 Å². The van der Waals surface area contributed by atoms with Crippen LogP contribution in [0, 0.1) is 6.92 Å². The Labute approximate surface area is 274 Å². The predicted molar refractivity (Wildman–Crippen MR) is 181 cm³/mol. The van der Waals surface area contributed by atoms with E-state index in [0.717, 1.165) is 32.5 Å². The molecule has 1 aromatic heterocycles. The zero-order valence-electron chi connectivity index (χ0n) is 24.1. The van der Waals surface area contributed by atoms with Crippen molar-refractivity contribution in [2.45, 2.75) is 37.4 Å². The normalized spacial score (nSPS) is 11.8. The lowest BCUT2D eigenvalue weighted by Crippen LogP contribution is -2.27. The van der Waals surface area contributed by atoms with Crippen LogP contribution in [0.4, 0.5) is 5.69 Å². The molecule has 0 aliphatic heterocycles. The molecule has 1 heterocycles. The van der Waals surface area contributed by atoms with E-state index < -0.39 is 5.25 Å². The van der Waals surface area contributed by atoms with Crippen LogP contribution in [0.1, 0.15) is 29.4 Å². The molecule has 224 valence electrons. The van der Waals surface area contributed by atoms with E-state index >= 15 is 0 Å². The van der Waals surface area contributed by atoms with Crippen LogP contribution in [-0.4, -0.2) is 32.1 Å². The number of hydrogen-bond donors (Lipinski definition) is 2. The molecule has 5 rings (SSSR count). The molecule has 11 heteroatoms. The molecule has 8 nitrogen and oxygen atoms in total. The van der Waals surface area contributed by atoms with E-state index in [-0.39, 0.29) is 5.91 Å². The van der Waals surface area contributed by atoms with Gasteiger partial charge in [-0.05, 0) is 79.6 Å². The molecule has 0 saturated carbocycles. The summed E-state index contributed by atoms with van der Waals surface area (Å²) in [4.78, 5) is 13.0. The number of halogens is 2. The van der Waals surface area contributed by atoms with Crippen molar-refractivity contribution in [2.24, 2.45) is 5.10 Å². The average Bonchev–Trinajstić information content (AvgIpc) is 3.42. The fraction of sp³-hybridized carbons (Fsp3) is 0.152. The van der Waals surface area contributed by atoms with Gasteiger partial charge in [-0.1, -0.05) is 81.8 Å². The number of nitrogens with zero attached hydrogens (tertiary/aromatic N) is 4. The third-order valence-electron chi connectivity index (χ3n) is 6.57. The molecule has 1 amide bonds. The van der Waals surface area contributed by atoms with Crippen molar-refractivity contribution in [3.63, 3.8) is 0 Å². The molecule has 44 heavy (non-hydrogen) atoms. The van der Waals surface area contributed by atoms with Crippen LogP contribution in [0.5, 0.6) is 5.75 Å². The molecule has 1 atom stereocenters. The van der Waals surface area contributed by atoms with Crippen molar-refractivity contribution in [3.05, 3.63) is 129 Å². The molecular weight excluding hydrogens is 660 g/mol. The molecule has 0 fully saturated rings. The summed E-state index contributed by atoms with van der Waals surface area (Å²) < 4.78 is 8.97. The highest BCUT2D eigenvalue weighted by atomic mass is 79.9. The first kappa shape index (κ1) is 31.3. The van der Waals surface area contributed by atoms with Gasteiger partial charge in [-0.3, -0.25) is 9.36 Å². The Morgan fingerprint density at radius 1 is 1.05 bits per heavy atom. The number of aromatic nitrogens is 3. The summed E-state index contributed by atoms with van der Waals surface area (Å²) in [5.74, 6) is 1.11. The number of rotatable bonds is 12. The van der Waals surface area contributed by atoms with E-state index in [4.69, 9.17) is 16.3 Å². The largest absolute Gasteiger partial charge is 0.488 e. The number of hydrogen-bond acceptors (Lipinski definition) is 7. The van der Waals surface area contributed by atoms with E-state index in [1.165, 1.54) is 11.8 Å². The van der Waals surface area contributed by atoms with Crippen molar-refractivity contribution >= 4 is 57.1 Å². The maximum atomic E-state index is 13.0.